The molecule has 3 aromatic carbocycles. The summed E-state index contributed by atoms with van der Waals surface area (Å²) in [5.41, 5.74) is 9.75. The maximum Gasteiger partial charge on any atom is 0.255 e. The minimum atomic E-state index is 0.0115. The Morgan fingerprint density at radius 2 is 1.54 bits per heavy atom. The van der Waals surface area contributed by atoms with Crippen LogP contribution in [0.1, 0.15) is 51.1 Å². The fourth-order valence-electron chi connectivity index (χ4n) is 4.65. The minimum Gasteiger partial charge on any atom is -0.323 e. The maximum absolute atomic E-state index is 13.3. The zero-order valence-electron chi connectivity index (χ0n) is 16.3. The van der Waals surface area contributed by atoms with Crippen molar-refractivity contribution in [3.63, 3.8) is 0 Å². The van der Waals surface area contributed by atoms with Crippen molar-refractivity contribution in [2.75, 3.05) is 0 Å². The molecule has 1 amide bonds. The van der Waals surface area contributed by atoms with Gasteiger partial charge in [-0.05, 0) is 59.7 Å². The Morgan fingerprint density at radius 1 is 0.857 bits per heavy atom. The zero-order chi connectivity index (χ0) is 19.3. The summed E-state index contributed by atoms with van der Waals surface area (Å²) in [6.45, 7) is 4.93. The van der Waals surface area contributed by atoms with Crippen molar-refractivity contribution in [1.29, 1.82) is 0 Å². The zero-order valence-corrected chi connectivity index (χ0v) is 16.3. The average Bonchev–Trinajstić information content (AvgIpc) is 3.19. The molecule has 0 spiro atoms. The van der Waals surface area contributed by atoms with Crippen LogP contribution in [0, 0.1) is 6.92 Å². The molecule has 0 saturated heterocycles. The molecule has 0 fully saturated rings. The Hall–Kier alpha value is -3.13. The molecule has 0 aromatic heterocycles. The van der Waals surface area contributed by atoms with Gasteiger partial charge in [-0.25, -0.2) is 0 Å². The van der Waals surface area contributed by atoms with Crippen molar-refractivity contribution in [2.24, 2.45) is 0 Å². The number of amides is 1. The third kappa shape index (κ3) is 2.60. The van der Waals surface area contributed by atoms with Crippen molar-refractivity contribution in [3.8, 4) is 0 Å². The first kappa shape index (κ1) is 17.0. The van der Waals surface area contributed by atoms with Gasteiger partial charge in [-0.2, -0.15) is 0 Å². The van der Waals surface area contributed by atoms with Crippen molar-refractivity contribution < 1.29 is 4.79 Å². The minimum absolute atomic E-state index is 0.0115. The molecule has 138 valence electrons. The molecular weight excluding hydrogens is 342 g/mol. The van der Waals surface area contributed by atoms with Crippen molar-refractivity contribution >= 4 is 11.5 Å². The largest absolute Gasteiger partial charge is 0.323 e. The van der Waals surface area contributed by atoms with Gasteiger partial charge in [0, 0.05) is 12.1 Å². The second-order valence-electron chi connectivity index (χ2n) is 7.89. The van der Waals surface area contributed by atoms with E-state index in [1.54, 1.807) is 0 Å². The van der Waals surface area contributed by atoms with Crippen LogP contribution in [0.25, 0.3) is 5.57 Å². The van der Waals surface area contributed by atoms with Crippen molar-refractivity contribution in [1.82, 2.24) is 4.90 Å². The SMILES string of the molecule is CC1=C(C2c3ccccc3C(=O)N2Cc2ccc(C)cc2)Cc2ccccc21. The van der Waals surface area contributed by atoms with Gasteiger partial charge in [-0.1, -0.05) is 72.3 Å². The predicted molar refractivity (Wildman–Crippen MR) is 113 cm³/mol. The molecule has 2 nitrogen and oxygen atoms in total. The van der Waals surface area contributed by atoms with Crippen LogP contribution in [0.5, 0.6) is 0 Å². The summed E-state index contributed by atoms with van der Waals surface area (Å²) in [6.07, 6.45) is 0.915. The van der Waals surface area contributed by atoms with E-state index in [2.05, 4.69) is 73.3 Å². The molecule has 1 unspecified atom stereocenters. The predicted octanol–water partition coefficient (Wildman–Crippen LogP) is 5.72. The number of nitrogens with zero attached hydrogens (tertiary/aromatic N) is 1. The number of fused-ring (bicyclic) bond motifs is 2. The normalized spacial score (nSPS) is 17.9. The number of hydrogen-bond donors (Lipinski definition) is 0. The Kier molecular flexibility index (Phi) is 3.94. The van der Waals surface area contributed by atoms with Crippen LogP contribution < -0.4 is 0 Å². The van der Waals surface area contributed by atoms with Gasteiger partial charge >= 0.3 is 0 Å². The molecule has 1 aliphatic heterocycles. The van der Waals surface area contributed by atoms with Crippen LogP contribution in [-0.2, 0) is 13.0 Å². The van der Waals surface area contributed by atoms with Crippen LogP contribution in [0.2, 0.25) is 0 Å². The maximum atomic E-state index is 13.3. The number of aryl methyl sites for hydroxylation is 1. The summed E-state index contributed by atoms with van der Waals surface area (Å²) in [5.74, 6) is 0.137. The van der Waals surface area contributed by atoms with Gasteiger partial charge in [-0.15, -0.1) is 0 Å². The van der Waals surface area contributed by atoms with Crippen molar-refractivity contribution in [2.45, 2.75) is 32.9 Å². The summed E-state index contributed by atoms with van der Waals surface area (Å²) < 4.78 is 0. The van der Waals surface area contributed by atoms with E-state index in [1.165, 1.54) is 33.4 Å². The van der Waals surface area contributed by atoms with E-state index in [9.17, 15) is 4.79 Å². The molecular formula is C26H23NO. The summed E-state index contributed by atoms with van der Waals surface area (Å²) >= 11 is 0. The Balaban J connectivity index is 1.60. The van der Waals surface area contributed by atoms with Gasteiger partial charge in [0.2, 0.25) is 0 Å². The van der Waals surface area contributed by atoms with E-state index in [0.717, 1.165) is 17.5 Å². The highest BCUT2D eigenvalue weighted by molar-refractivity contribution is 6.00. The van der Waals surface area contributed by atoms with E-state index < -0.39 is 0 Å². The molecule has 5 rings (SSSR count). The first-order valence-corrected chi connectivity index (χ1v) is 9.87. The third-order valence-corrected chi connectivity index (χ3v) is 6.15. The standard InChI is InChI=1S/C26H23NO/c1-17-11-13-19(14-12-17)16-27-25(22-9-5-6-10-23(22)26(27)28)24-15-20-7-3-4-8-21(20)18(24)2/h3-14,25H,15-16H2,1-2H3. The molecule has 0 bridgehead atoms. The van der Waals surface area contributed by atoms with Crippen molar-refractivity contribution in [3.05, 3.63) is 112 Å². The van der Waals surface area contributed by atoms with Gasteiger partial charge in [0.25, 0.3) is 5.91 Å². The van der Waals surface area contributed by atoms with E-state index in [1.807, 2.05) is 18.2 Å². The number of allylic oxidation sites excluding steroid dienone is 1. The highest BCUT2D eigenvalue weighted by atomic mass is 16.2. The Bertz CT molecular complexity index is 1110. The molecule has 0 radical (unpaired) electrons. The Labute approximate surface area is 166 Å². The Morgan fingerprint density at radius 3 is 2.29 bits per heavy atom. The highest BCUT2D eigenvalue weighted by Gasteiger charge is 2.40. The highest BCUT2D eigenvalue weighted by Crippen LogP contribution is 2.46. The summed E-state index contributed by atoms with van der Waals surface area (Å²) in [6, 6.07) is 25.2. The second kappa shape index (κ2) is 6.49. The molecule has 2 aliphatic rings. The van der Waals surface area contributed by atoms with Crippen LogP contribution >= 0.6 is 0 Å². The topological polar surface area (TPSA) is 20.3 Å². The molecule has 3 aromatic rings. The molecule has 2 heteroatoms. The number of rotatable bonds is 3. The van der Waals surface area contributed by atoms with Gasteiger partial charge in [-0.3, -0.25) is 4.79 Å². The number of carbonyl (C=O) groups excluding carboxylic acids is 1. The lowest BCUT2D eigenvalue weighted by Gasteiger charge is -2.28. The lowest BCUT2D eigenvalue weighted by molar-refractivity contribution is 0.0732. The molecule has 28 heavy (non-hydrogen) atoms. The third-order valence-electron chi connectivity index (χ3n) is 6.15. The fraction of sp³-hybridized carbons (Fsp3) is 0.192. The van der Waals surface area contributed by atoms with Crippen LogP contribution in [0.3, 0.4) is 0 Å². The monoisotopic (exact) mass is 365 g/mol. The van der Waals surface area contributed by atoms with E-state index in [0.29, 0.717) is 6.54 Å². The molecule has 1 atom stereocenters. The summed E-state index contributed by atoms with van der Waals surface area (Å²) in [4.78, 5) is 15.4. The second-order valence-corrected chi connectivity index (χ2v) is 7.89. The molecule has 1 aliphatic carbocycles. The number of hydrogen-bond acceptors (Lipinski definition) is 1. The smallest absolute Gasteiger partial charge is 0.255 e. The summed E-state index contributed by atoms with van der Waals surface area (Å²) in [7, 11) is 0. The number of carbonyl (C=O) groups is 1. The van der Waals surface area contributed by atoms with Crippen LogP contribution in [0.15, 0.2) is 78.4 Å². The van der Waals surface area contributed by atoms with Gasteiger partial charge in [0.05, 0.1) is 6.04 Å². The first-order valence-electron chi connectivity index (χ1n) is 9.87. The summed E-state index contributed by atoms with van der Waals surface area (Å²) in [5, 5.41) is 0. The van der Waals surface area contributed by atoms with E-state index in [-0.39, 0.29) is 11.9 Å². The molecule has 0 N–H and O–H groups in total. The molecule has 1 heterocycles. The fourth-order valence-corrected chi connectivity index (χ4v) is 4.65. The lowest BCUT2D eigenvalue weighted by Crippen LogP contribution is -2.29. The number of benzene rings is 3. The first-order chi connectivity index (χ1) is 13.6. The lowest BCUT2D eigenvalue weighted by atomic mass is 9.94. The van der Waals surface area contributed by atoms with Gasteiger partial charge in [0.1, 0.15) is 0 Å². The molecule has 0 saturated carbocycles. The quantitative estimate of drug-likeness (QED) is 0.581. The van der Waals surface area contributed by atoms with E-state index >= 15 is 0 Å². The van der Waals surface area contributed by atoms with Crippen LogP contribution in [-0.4, -0.2) is 10.8 Å². The van der Waals surface area contributed by atoms with Gasteiger partial charge in [0.15, 0.2) is 0 Å². The van der Waals surface area contributed by atoms with Gasteiger partial charge < -0.3 is 4.90 Å². The van der Waals surface area contributed by atoms with Crippen LogP contribution in [0.4, 0.5) is 0 Å². The van der Waals surface area contributed by atoms with E-state index in [4.69, 9.17) is 0 Å². The average molecular weight is 365 g/mol.